The quantitative estimate of drug-likeness (QED) is 0.331. The van der Waals surface area contributed by atoms with E-state index in [2.05, 4.69) is 5.32 Å². The second kappa shape index (κ2) is 10.6. The van der Waals surface area contributed by atoms with E-state index < -0.39 is 29.2 Å². The van der Waals surface area contributed by atoms with Crippen molar-refractivity contribution in [2.45, 2.75) is 31.7 Å². The maximum Gasteiger partial charge on any atom is 0.336 e. The van der Waals surface area contributed by atoms with Gasteiger partial charge in [-0.2, -0.15) is 5.10 Å². The molecule has 3 aromatic carbocycles. The molecule has 0 unspecified atom stereocenters. The lowest BCUT2D eigenvalue weighted by Crippen LogP contribution is -2.62. The maximum atomic E-state index is 15.0. The molecule has 2 aliphatic rings. The molecule has 0 fully saturated rings. The number of carbonyl (C=O) groups is 2. The minimum Gasteiger partial charge on any atom is -0.463 e. The number of nitrogens with one attached hydrogen (secondary N) is 1. The molecule has 1 amide bonds. The Morgan fingerprint density at radius 2 is 1.74 bits per heavy atom. The molecule has 0 saturated carbocycles. The highest BCUT2D eigenvalue weighted by Gasteiger charge is 2.61. The number of allylic oxidation sites excluding steroid dienone is 1. The number of benzene rings is 3. The van der Waals surface area contributed by atoms with Gasteiger partial charge < -0.3 is 10.1 Å². The fraction of sp³-hybridized carbons (Fsp3) is 0.207. The number of ether oxygens (including phenoxy) is 1. The van der Waals surface area contributed by atoms with Gasteiger partial charge in [-0.25, -0.2) is 14.2 Å². The Balaban J connectivity index is 1.84. The topological polar surface area (TPSA) is 71.0 Å². The lowest BCUT2D eigenvalue weighted by Gasteiger charge is -2.46. The summed E-state index contributed by atoms with van der Waals surface area (Å²) < 4.78 is 20.5. The molecule has 2 aliphatic heterocycles. The van der Waals surface area contributed by atoms with Crippen LogP contribution in [0.1, 0.15) is 37.3 Å². The van der Waals surface area contributed by atoms with Gasteiger partial charge in [0, 0.05) is 38.3 Å². The van der Waals surface area contributed by atoms with Gasteiger partial charge in [0.15, 0.2) is 5.54 Å². The normalized spacial score (nSPS) is 20.8. The molecule has 6 nitrogen and oxygen atoms in total. The molecule has 2 heterocycles. The van der Waals surface area contributed by atoms with E-state index in [1.807, 2.05) is 0 Å². The second-order valence-corrected chi connectivity index (χ2v) is 10.4. The third-order valence-corrected chi connectivity index (χ3v) is 7.85. The van der Waals surface area contributed by atoms with Crippen LogP contribution < -0.4 is 10.3 Å². The average molecular weight is 587 g/mol. The van der Waals surface area contributed by atoms with Gasteiger partial charge in [0.25, 0.3) is 5.91 Å². The van der Waals surface area contributed by atoms with Crippen LogP contribution in [-0.4, -0.2) is 29.7 Å². The summed E-state index contributed by atoms with van der Waals surface area (Å²) in [5, 5.41) is 10.1. The van der Waals surface area contributed by atoms with Crippen LogP contribution >= 0.6 is 34.8 Å². The van der Waals surface area contributed by atoms with Crippen LogP contribution in [0.5, 0.6) is 0 Å². The van der Waals surface area contributed by atoms with Gasteiger partial charge in [-0.05, 0) is 56.3 Å². The molecule has 200 valence electrons. The van der Waals surface area contributed by atoms with E-state index in [0.29, 0.717) is 27.7 Å². The maximum absolute atomic E-state index is 15.0. The summed E-state index contributed by atoms with van der Waals surface area (Å²) in [5.41, 5.74) is 0.278. The molecule has 1 spiro atoms. The molecule has 0 radical (unpaired) electrons. The Morgan fingerprint density at radius 1 is 1.08 bits per heavy atom. The third kappa shape index (κ3) is 4.58. The van der Waals surface area contributed by atoms with Crippen LogP contribution in [0.15, 0.2) is 83.1 Å². The molecule has 0 bridgehead atoms. The van der Waals surface area contributed by atoms with E-state index in [1.54, 1.807) is 74.5 Å². The number of hydrogen-bond acceptors (Lipinski definition) is 5. The second-order valence-electron chi connectivity index (χ2n) is 9.20. The molecule has 1 N–H and O–H groups in total. The first-order valence-electron chi connectivity index (χ1n) is 12.2. The van der Waals surface area contributed by atoms with Crippen molar-refractivity contribution in [3.63, 3.8) is 0 Å². The molecule has 0 aliphatic carbocycles. The zero-order chi connectivity index (χ0) is 27.9. The van der Waals surface area contributed by atoms with Gasteiger partial charge in [-0.3, -0.25) is 4.79 Å². The monoisotopic (exact) mass is 585 g/mol. The summed E-state index contributed by atoms with van der Waals surface area (Å²) in [6.45, 7) is 3.42. The SMILES string of the molecule is CCOC(=O)C1=C(C)NC(=O)[C@@]2(CC(c3ccccc3F)=NN2c2ccc(Cl)cc2)[C@H]1c1c(Cl)cccc1Cl. The van der Waals surface area contributed by atoms with E-state index >= 15 is 4.39 Å². The van der Waals surface area contributed by atoms with Crippen LogP contribution in [0.25, 0.3) is 0 Å². The Kier molecular flexibility index (Phi) is 7.42. The Hall–Kier alpha value is -3.39. The number of esters is 1. The predicted molar refractivity (Wildman–Crippen MR) is 151 cm³/mol. The van der Waals surface area contributed by atoms with E-state index in [0.717, 1.165) is 0 Å². The zero-order valence-electron chi connectivity index (χ0n) is 21.0. The van der Waals surface area contributed by atoms with Crippen LogP contribution in [-0.2, 0) is 14.3 Å². The molecule has 0 saturated heterocycles. The molecule has 0 aromatic heterocycles. The van der Waals surface area contributed by atoms with Crippen LogP contribution in [0.2, 0.25) is 15.1 Å². The summed E-state index contributed by atoms with van der Waals surface area (Å²) >= 11 is 19.6. The molecule has 39 heavy (non-hydrogen) atoms. The first kappa shape index (κ1) is 27.2. The highest BCUT2D eigenvalue weighted by Crippen LogP contribution is 2.53. The van der Waals surface area contributed by atoms with Crippen LogP contribution in [0.3, 0.4) is 0 Å². The fourth-order valence-electron chi connectivity index (χ4n) is 5.27. The summed E-state index contributed by atoms with van der Waals surface area (Å²) in [4.78, 5) is 27.8. The van der Waals surface area contributed by atoms with Gasteiger partial charge in [0.1, 0.15) is 5.82 Å². The minimum atomic E-state index is -1.61. The average Bonchev–Trinajstić information content (AvgIpc) is 3.29. The van der Waals surface area contributed by atoms with Crippen molar-refractivity contribution in [1.82, 2.24) is 5.32 Å². The van der Waals surface area contributed by atoms with E-state index in [1.165, 1.54) is 11.1 Å². The van der Waals surface area contributed by atoms with E-state index in [9.17, 15) is 9.59 Å². The van der Waals surface area contributed by atoms with E-state index in [-0.39, 0.29) is 34.2 Å². The lowest BCUT2D eigenvalue weighted by atomic mass is 9.68. The Morgan fingerprint density at radius 3 is 2.38 bits per heavy atom. The number of halogens is 4. The third-order valence-electron chi connectivity index (χ3n) is 6.94. The predicted octanol–water partition coefficient (Wildman–Crippen LogP) is 6.89. The number of nitrogens with zero attached hydrogens (tertiary/aromatic N) is 2. The number of carbonyl (C=O) groups excluding carboxylic acids is 2. The summed E-state index contributed by atoms with van der Waals surface area (Å²) in [6, 6.07) is 17.9. The standard InChI is InChI=1S/C29H23Cl3FN3O3/c1-3-39-27(37)24-16(2)34-28(38)29(26(24)25-20(31)8-6-9-21(25)32)15-23(19-7-4-5-10-22(19)33)35-36(29)18-13-11-17(30)12-14-18/h4-14,26H,3,15H2,1-2H3,(H,34,38)/t26-,29-/m1/s1. The number of amides is 1. The van der Waals surface area contributed by atoms with Gasteiger partial charge in [-0.15, -0.1) is 0 Å². The van der Waals surface area contributed by atoms with Crippen LogP contribution in [0, 0.1) is 5.82 Å². The zero-order valence-corrected chi connectivity index (χ0v) is 23.2. The number of anilines is 1. The Bertz CT molecular complexity index is 1520. The van der Waals surface area contributed by atoms with Crippen molar-refractivity contribution in [3.05, 3.63) is 110 Å². The van der Waals surface area contributed by atoms with Gasteiger partial charge in [0.05, 0.1) is 29.5 Å². The fourth-order valence-corrected chi connectivity index (χ4v) is 6.01. The molecular formula is C29H23Cl3FN3O3. The highest BCUT2D eigenvalue weighted by atomic mass is 35.5. The summed E-state index contributed by atoms with van der Waals surface area (Å²) in [7, 11) is 0. The van der Waals surface area contributed by atoms with Crippen molar-refractivity contribution in [2.24, 2.45) is 5.10 Å². The molecule has 3 aromatic rings. The minimum absolute atomic E-state index is 0.0647. The van der Waals surface area contributed by atoms with Gasteiger partial charge in [-0.1, -0.05) is 59.1 Å². The van der Waals surface area contributed by atoms with Gasteiger partial charge in [0.2, 0.25) is 0 Å². The molecular weight excluding hydrogens is 564 g/mol. The van der Waals surface area contributed by atoms with Crippen molar-refractivity contribution in [2.75, 3.05) is 11.6 Å². The smallest absolute Gasteiger partial charge is 0.336 e. The van der Waals surface area contributed by atoms with E-state index in [4.69, 9.17) is 44.6 Å². The van der Waals surface area contributed by atoms with Crippen LogP contribution in [0.4, 0.5) is 10.1 Å². The first-order valence-corrected chi connectivity index (χ1v) is 13.3. The number of rotatable bonds is 5. The lowest BCUT2D eigenvalue weighted by molar-refractivity contribution is -0.139. The van der Waals surface area contributed by atoms with Crippen molar-refractivity contribution in [1.29, 1.82) is 0 Å². The van der Waals surface area contributed by atoms with Gasteiger partial charge >= 0.3 is 5.97 Å². The largest absolute Gasteiger partial charge is 0.463 e. The number of hydrogen-bond donors (Lipinski definition) is 1. The Labute approximate surface area is 240 Å². The van der Waals surface area contributed by atoms with Crippen molar-refractivity contribution < 1.29 is 18.7 Å². The van der Waals surface area contributed by atoms with Crippen molar-refractivity contribution >= 4 is 58.1 Å². The molecule has 5 rings (SSSR count). The summed E-state index contributed by atoms with van der Waals surface area (Å²) in [5.74, 6) is -2.62. The van der Waals surface area contributed by atoms with Crippen molar-refractivity contribution in [3.8, 4) is 0 Å². The highest BCUT2D eigenvalue weighted by molar-refractivity contribution is 6.36. The first-order chi connectivity index (χ1) is 18.7. The molecule has 10 heteroatoms. The summed E-state index contributed by atoms with van der Waals surface area (Å²) in [6.07, 6.45) is -0.0647. The number of hydrazone groups is 1. The molecule has 2 atom stereocenters.